The highest BCUT2D eigenvalue weighted by atomic mass is 35.5. The average Bonchev–Trinajstić information content (AvgIpc) is 2.71. The van der Waals surface area contributed by atoms with Crippen molar-refractivity contribution >= 4 is 46.7 Å². The second kappa shape index (κ2) is 8.33. The predicted octanol–water partition coefficient (Wildman–Crippen LogP) is 3.14. The molecule has 0 N–H and O–H groups in total. The molecule has 2 heterocycles. The Morgan fingerprint density at radius 2 is 1.84 bits per heavy atom. The van der Waals surface area contributed by atoms with Gasteiger partial charge >= 0.3 is 0 Å². The monoisotopic (exact) mass is 478 g/mol. The molecule has 168 valence electrons. The molecular formula is C22H21Cl2FN4O3. The number of rotatable bonds is 4. The first-order valence-electron chi connectivity index (χ1n) is 10.0. The van der Waals surface area contributed by atoms with Crippen molar-refractivity contribution in [2.24, 2.45) is 5.92 Å². The topological polar surface area (TPSA) is 73.8 Å². The summed E-state index contributed by atoms with van der Waals surface area (Å²) in [5, 5.41) is 0.640. The number of benzene rings is 1. The number of piperazine rings is 1. The third-order valence-corrected chi connectivity index (χ3v) is 6.47. The summed E-state index contributed by atoms with van der Waals surface area (Å²) in [6, 6.07) is 8.02. The van der Waals surface area contributed by atoms with E-state index in [1.807, 2.05) is 0 Å². The van der Waals surface area contributed by atoms with Crippen LogP contribution in [-0.4, -0.2) is 58.7 Å². The summed E-state index contributed by atoms with van der Waals surface area (Å²) in [5.41, 5.74) is -0.458. The molecule has 32 heavy (non-hydrogen) atoms. The zero-order chi connectivity index (χ0) is 23.2. The fraction of sp³-hybridized carbons (Fsp3) is 0.364. The fourth-order valence-corrected chi connectivity index (χ4v) is 4.65. The molecule has 1 aromatic heterocycles. The Balaban J connectivity index is 1.69. The smallest absolute Gasteiger partial charge is 0.254 e. The number of pyridine rings is 1. The Bertz CT molecular complexity index is 1090. The van der Waals surface area contributed by atoms with Crippen LogP contribution in [0.3, 0.4) is 0 Å². The van der Waals surface area contributed by atoms with Crippen LogP contribution in [0.5, 0.6) is 0 Å². The molecule has 2 fully saturated rings. The van der Waals surface area contributed by atoms with Gasteiger partial charge in [-0.1, -0.05) is 35.3 Å². The van der Waals surface area contributed by atoms with Crippen LogP contribution in [0.2, 0.25) is 10.0 Å². The first-order chi connectivity index (χ1) is 15.1. The quantitative estimate of drug-likeness (QED) is 0.676. The molecule has 1 saturated carbocycles. The van der Waals surface area contributed by atoms with Gasteiger partial charge in [0.1, 0.15) is 12.1 Å². The van der Waals surface area contributed by atoms with Gasteiger partial charge in [-0.25, -0.2) is 9.37 Å². The van der Waals surface area contributed by atoms with Crippen LogP contribution in [0.1, 0.15) is 18.4 Å². The van der Waals surface area contributed by atoms with Crippen LogP contribution in [0.15, 0.2) is 36.5 Å². The molecular weight excluding hydrogens is 458 g/mol. The minimum absolute atomic E-state index is 0.0846. The fourth-order valence-electron chi connectivity index (χ4n) is 4.38. The summed E-state index contributed by atoms with van der Waals surface area (Å²) >= 11 is 11.8. The molecule has 2 aromatic rings. The number of nitrogens with zero attached hydrogens (tertiary/aromatic N) is 4. The van der Waals surface area contributed by atoms with Crippen molar-refractivity contribution < 1.29 is 18.8 Å². The lowest BCUT2D eigenvalue weighted by atomic mass is 9.64. The van der Waals surface area contributed by atoms with E-state index in [0.717, 1.165) is 16.5 Å². The molecule has 3 amide bonds. The minimum atomic E-state index is -1.25. The summed E-state index contributed by atoms with van der Waals surface area (Å²) in [6.07, 6.45) is 1.55. The van der Waals surface area contributed by atoms with Gasteiger partial charge in [0.2, 0.25) is 11.8 Å². The van der Waals surface area contributed by atoms with Crippen LogP contribution in [0.25, 0.3) is 0 Å². The molecule has 0 bridgehead atoms. The molecule has 0 unspecified atom stereocenters. The van der Waals surface area contributed by atoms with Crippen molar-refractivity contribution in [3.8, 4) is 0 Å². The third kappa shape index (κ3) is 3.82. The van der Waals surface area contributed by atoms with Gasteiger partial charge < -0.3 is 9.80 Å². The van der Waals surface area contributed by atoms with E-state index in [0.29, 0.717) is 5.02 Å². The van der Waals surface area contributed by atoms with Crippen molar-refractivity contribution in [3.05, 3.63) is 58.0 Å². The summed E-state index contributed by atoms with van der Waals surface area (Å²) in [6.45, 7) is -0.180. The zero-order valence-electron chi connectivity index (χ0n) is 17.5. The molecule has 4 rings (SSSR count). The Kier molecular flexibility index (Phi) is 5.85. The molecule has 0 radical (unpaired) electrons. The van der Waals surface area contributed by atoms with E-state index in [-0.39, 0.29) is 48.6 Å². The molecule has 1 aromatic carbocycles. The maximum Gasteiger partial charge on any atom is 0.254 e. The molecule has 7 nitrogen and oxygen atoms in total. The van der Waals surface area contributed by atoms with Crippen LogP contribution >= 0.6 is 23.2 Å². The first-order valence-corrected chi connectivity index (χ1v) is 10.8. The van der Waals surface area contributed by atoms with Crippen molar-refractivity contribution in [1.29, 1.82) is 0 Å². The normalized spacial score (nSPS) is 22.8. The summed E-state index contributed by atoms with van der Waals surface area (Å²) in [4.78, 5) is 47.3. The van der Waals surface area contributed by atoms with E-state index in [2.05, 4.69) is 4.98 Å². The van der Waals surface area contributed by atoms with E-state index >= 15 is 0 Å². The summed E-state index contributed by atoms with van der Waals surface area (Å²) in [5.74, 6) is -2.37. The lowest BCUT2D eigenvalue weighted by Crippen LogP contribution is -2.73. The summed E-state index contributed by atoms with van der Waals surface area (Å²) in [7, 11) is 3.29. The van der Waals surface area contributed by atoms with Crippen LogP contribution < -0.4 is 4.90 Å². The maximum absolute atomic E-state index is 14.6. The second-order valence-corrected chi connectivity index (χ2v) is 9.20. The number of hydrogen-bond donors (Lipinski definition) is 0. The predicted molar refractivity (Wildman–Crippen MR) is 118 cm³/mol. The van der Waals surface area contributed by atoms with Crippen molar-refractivity contribution in [2.45, 2.75) is 24.9 Å². The lowest BCUT2D eigenvalue weighted by molar-refractivity contribution is -0.167. The molecule has 1 spiro atoms. The van der Waals surface area contributed by atoms with Crippen molar-refractivity contribution in [2.75, 3.05) is 25.5 Å². The Hall–Kier alpha value is -2.71. The standard InChI is InChI=1S/C22H21Cl2FN4O3/c1-27(2)20(31)14-8-22(9-14)21(32)28(19-17(25)7-16(24)10-26-19)12-18(30)29(22)11-13-3-5-15(23)6-4-13/h3-7,10,14H,8-9,11-12H2,1-2H3. The van der Waals surface area contributed by atoms with Gasteiger partial charge in [0.25, 0.3) is 5.91 Å². The lowest BCUT2D eigenvalue weighted by Gasteiger charge is -2.56. The number of amides is 3. The third-order valence-electron chi connectivity index (χ3n) is 6.01. The van der Waals surface area contributed by atoms with Gasteiger partial charge in [0.15, 0.2) is 11.6 Å². The molecule has 1 aliphatic heterocycles. The second-order valence-electron chi connectivity index (χ2n) is 8.33. The molecule has 1 aliphatic carbocycles. The summed E-state index contributed by atoms with van der Waals surface area (Å²) < 4.78 is 14.6. The first kappa shape index (κ1) is 22.5. The SMILES string of the molecule is CN(C)C(=O)C1CC2(C1)C(=O)N(c1ncc(Cl)cc1F)CC(=O)N2Cc1ccc(Cl)cc1. The zero-order valence-corrected chi connectivity index (χ0v) is 19.0. The average molecular weight is 479 g/mol. The number of carbonyl (C=O) groups is 3. The number of hydrogen-bond acceptors (Lipinski definition) is 4. The number of halogens is 3. The molecule has 10 heteroatoms. The van der Waals surface area contributed by atoms with E-state index in [1.165, 1.54) is 16.0 Å². The van der Waals surface area contributed by atoms with Crippen LogP contribution in [0.4, 0.5) is 10.2 Å². The molecule has 0 atom stereocenters. The van der Waals surface area contributed by atoms with Gasteiger partial charge in [-0.05, 0) is 36.6 Å². The Morgan fingerprint density at radius 3 is 2.44 bits per heavy atom. The van der Waals surface area contributed by atoms with Crippen LogP contribution in [0, 0.1) is 11.7 Å². The van der Waals surface area contributed by atoms with Gasteiger partial charge in [-0.2, -0.15) is 0 Å². The highest BCUT2D eigenvalue weighted by Crippen LogP contribution is 2.48. The highest BCUT2D eigenvalue weighted by Gasteiger charge is 2.62. The molecule has 1 saturated heterocycles. The van der Waals surface area contributed by atoms with E-state index in [4.69, 9.17) is 23.2 Å². The Labute approximate surface area is 194 Å². The van der Waals surface area contributed by atoms with E-state index < -0.39 is 23.2 Å². The van der Waals surface area contributed by atoms with Gasteiger partial charge in [-0.15, -0.1) is 0 Å². The highest BCUT2D eigenvalue weighted by molar-refractivity contribution is 6.30. The van der Waals surface area contributed by atoms with Gasteiger partial charge in [-0.3, -0.25) is 19.3 Å². The van der Waals surface area contributed by atoms with Gasteiger partial charge in [0.05, 0.1) is 5.02 Å². The largest absolute Gasteiger partial charge is 0.349 e. The Morgan fingerprint density at radius 1 is 1.19 bits per heavy atom. The van der Waals surface area contributed by atoms with Crippen molar-refractivity contribution in [1.82, 2.24) is 14.8 Å². The number of anilines is 1. The van der Waals surface area contributed by atoms with Gasteiger partial charge in [0, 0.05) is 37.8 Å². The van der Waals surface area contributed by atoms with Crippen molar-refractivity contribution in [3.63, 3.8) is 0 Å². The number of carbonyl (C=O) groups excluding carboxylic acids is 3. The minimum Gasteiger partial charge on any atom is -0.349 e. The van der Waals surface area contributed by atoms with E-state index in [9.17, 15) is 18.8 Å². The maximum atomic E-state index is 14.6. The van der Waals surface area contributed by atoms with E-state index in [1.54, 1.807) is 38.4 Å². The molecule has 2 aliphatic rings. The van der Waals surface area contributed by atoms with Crippen LogP contribution in [-0.2, 0) is 20.9 Å². The number of aromatic nitrogens is 1.